The number of nitrogens with zero attached hydrogens (tertiary/aromatic N) is 3. The van der Waals surface area contributed by atoms with Gasteiger partial charge in [-0.05, 0) is 73.5 Å². The van der Waals surface area contributed by atoms with Crippen LogP contribution in [0, 0.1) is 19.7 Å². The first kappa shape index (κ1) is 22.5. The lowest BCUT2D eigenvalue weighted by Crippen LogP contribution is -2.14. The Morgan fingerprint density at radius 1 is 1.03 bits per heavy atom. The van der Waals surface area contributed by atoms with Gasteiger partial charge in [0.2, 0.25) is 5.91 Å². The third-order valence-corrected chi connectivity index (χ3v) is 5.85. The molecule has 0 atom stereocenters. The number of rotatable bonds is 7. The van der Waals surface area contributed by atoms with Crippen molar-refractivity contribution < 1.29 is 13.9 Å². The number of hydrogen-bond acceptors (Lipinski definition) is 5. The van der Waals surface area contributed by atoms with Crippen molar-refractivity contribution in [1.29, 1.82) is 0 Å². The fraction of sp³-hybridized carbons (Fsp3) is 0.160. The molecule has 1 N–H and O–H groups in total. The molecule has 1 amide bonds. The summed E-state index contributed by atoms with van der Waals surface area (Å²) in [5.41, 5.74) is 3.96. The Morgan fingerprint density at radius 2 is 1.73 bits per heavy atom. The van der Waals surface area contributed by atoms with Gasteiger partial charge >= 0.3 is 0 Å². The summed E-state index contributed by atoms with van der Waals surface area (Å²) in [5.74, 6) is 0.612. The van der Waals surface area contributed by atoms with Crippen molar-refractivity contribution >= 4 is 23.4 Å². The second-order valence-electron chi connectivity index (χ2n) is 7.53. The molecule has 0 spiro atoms. The van der Waals surface area contributed by atoms with Gasteiger partial charge in [-0.15, -0.1) is 10.2 Å². The van der Waals surface area contributed by atoms with E-state index in [0.717, 1.165) is 22.5 Å². The van der Waals surface area contributed by atoms with E-state index >= 15 is 0 Å². The van der Waals surface area contributed by atoms with E-state index in [1.54, 1.807) is 29.9 Å². The van der Waals surface area contributed by atoms with Gasteiger partial charge in [0.25, 0.3) is 0 Å². The van der Waals surface area contributed by atoms with Gasteiger partial charge < -0.3 is 10.1 Å². The standard InChI is InChI=1S/C25H23FN4O2S/c1-16-12-17(2)14-18(13-16)27-23(31)15-33-25-29-28-24(21-6-4-5-7-22(21)26)30(25)19-8-10-20(32-3)11-9-19/h4-14H,15H2,1-3H3,(H,27,31). The van der Waals surface area contributed by atoms with Crippen molar-refractivity contribution in [1.82, 2.24) is 14.8 Å². The number of benzene rings is 3. The number of carbonyl (C=O) groups is 1. The first-order chi connectivity index (χ1) is 15.9. The fourth-order valence-corrected chi connectivity index (χ4v) is 4.27. The largest absolute Gasteiger partial charge is 0.497 e. The predicted molar refractivity (Wildman–Crippen MR) is 129 cm³/mol. The highest BCUT2D eigenvalue weighted by Crippen LogP contribution is 2.30. The molecule has 33 heavy (non-hydrogen) atoms. The molecular formula is C25H23FN4O2S. The van der Waals surface area contributed by atoms with E-state index in [4.69, 9.17) is 4.74 Å². The summed E-state index contributed by atoms with van der Waals surface area (Å²) in [7, 11) is 1.59. The number of carbonyl (C=O) groups excluding carboxylic acids is 1. The van der Waals surface area contributed by atoms with E-state index in [1.807, 2.05) is 56.3 Å². The van der Waals surface area contributed by atoms with Gasteiger partial charge in [-0.2, -0.15) is 0 Å². The monoisotopic (exact) mass is 462 g/mol. The van der Waals surface area contributed by atoms with Crippen LogP contribution in [0.1, 0.15) is 11.1 Å². The first-order valence-corrected chi connectivity index (χ1v) is 11.3. The van der Waals surface area contributed by atoms with Gasteiger partial charge in [-0.25, -0.2) is 4.39 Å². The molecule has 1 heterocycles. The van der Waals surface area contributed by atoms with Gasteiger partial charge in [0, 0.05) is 5.69 Å². The second kappa shape index (κ2) is 9.87. The Balaban J connectivity index is 1.62. The highest BCUT2D eigenvalue weighted by molar-refractivity contribution is 7.99. The maximum atomic E-state index is 14.5. The molecular weight excluding hydrogens is 439 g/mol. The van der Waals surface area contributed by atoms with Crippen molar-refractivity contribution in [2.24, 2.45) is 0 Å². The van der Waals surface area contributed by atoms with Gasteiger partial charge in [-0.3, -0.25) is 9.36 Å². The minimum absolute atomic E-state index is 0.124. The summed E-state index contributed by atoms with van der Waals surface area (Å²) in [4.78, 5) is 12.6. The molecule has 4 rings (SSSR count). The van der Waals surface area contributed by atoms with E-state index < -0.39 is 5.82 Å². The van der Waals surface area contributed by atoms with Crippen molar-refractivity contribution in [3.8, 4) is 22.8 Å². The number of aryl methyl sites for hydroxylation is 2. The molecule has 0 saturated carbocycles. The van der Waals surface area contributed by atoms with Crippen LogP contribution in [0.25, 0.3) is 17.1 Å². The lowest BCUT2D eigenvalue weighted by atomic mass is 10.1. The Hall–Kier alpha value is -3.65. The second-order valence-corrected chi connectivity index (χ2v) is 8.48. The first-order valence-electron chi connectivity index (χ1n) is 10.3. The van der Waals surface area contributed by atoms with Crippen LogP contribution in [-0.2, 0) is 4.79 Å². The number of aromatic nitrogens is 3. The number of thioether (sulfide) groups is 1. The van der Waals surface area contributed by atoms with Crippen LogP contribution in [0.5, 0.6) is 5.75 Å². The third kappa shape index (κ3) is 5.23. The summed E-state index contributed by atoms with van der Waals surface area (Å²) in [6, 6.07) is 19.6. The Labute approximate surface area is 195 Å². The van der Waals surface area contributed by atoms with Crippen LogP contribution < -0.4 is 10.1 Å². The van der Waals surface area contributed by atoms with Crippen molar-refractivity contribution in [3.05, 3.63) is 83.7 Å². The molecule has 0 aliphatic heterocycles. The van der Waals surface area contributed by atoms with Crippen molar-refractivity contribution in [3.63, 3.8) is 0 Å². The summed E-state index contributed by atoms with van der Waals surface area (Å²) in [6.07, 6.45) is 0. The van der Waals surface area contributed by atoms with E-state index in [2.05, 4.69) is 15.5 Å². The van der Waals surface area contributed by atoms with Gasteiger partial charge in [0.05, 0.1) is 24.1 Å². The van der Waals surface area contributed by atoms with Crippen LogP contribution in [0.2, 0.25) is 0 Å². The summed E-state index contributed by atoms with van der Waals surface area (Å²) in [6.45, 7) is 3.97. The molecule has 0 aliphatic carbocycles. The molecule has 1 aromatic heterocycles. The molecule has 6 nitrogen and oxygen atoms in total. The smallest absolute Gasteiger partial charge is 0.234 e. The minimum atomic E-state index is -0.399. The third-order valence-electron chi connectivity index (χ3n) is 4.92. The summed E-state index contributed by atoms with van der Waals surface area (Å²) < 4.78 is 21.5. The number of hydrogen-bond donors (Lipinski definition) is 1. The zero-order valence-corrected chi connectivity index (χ0v) is 19.3. The number of amides is 1. The minimum Gasteiger partial charge on any atom is -0.497 e. The molecule has 0 bridgehead atoms. The van der Waals surface area contributed by atoms with Crippen molar-refractivity contribution in [2.75, 3.05) is 18.2 Å². The maximum absolute atomic E-state index is 14.5. The number of ether oxygens (including phenoxy) is 1. The van der Waals surface area contributed by atoms with Crippen molar-refractivity contribution in [2.45, 2.75) is 19.0 Å². The number of halogens is 1. The van der Waals surface area contributed by atoms with Crippen LogP contribution in [0.4, 0.5) is 10.1 Å². The lowest BCUT2D eigenvalue weighted by Gasteiger charge is -2.12. The SMILES string of the molecule is COc1ccc(-n2c(SCC(=O)Nc3cc(C)cc(C)c3)nnc2-c2ccccc2F)cc1. The molecule has 0 radical (unpaired) electrons. The Bertz CT molecular complexity index is 1270. The van der Waals surface area contributed by atoms with E-state index in [9.17, 15) is 9.18 Å². The molecule has 8 heteroatoms. The summed E-state index contributed by atoms with van der Waals surface area (Å²) in [5, 5.41) is 11.9. The Kier molecular flexibility index (Phi) is 6.74. The predicted octanol–water partition coefficient (Wildman–Crippen LogP) is 5.43. The number of anilines is 1. The molecule has 4 aromatic rings. The number of nitrogens with one attached hydrogen (secondary N) is 1. The van der Waals surface area contributed by atoms with Gasteiger partial charge in [0.15, 0.2) is 11.0 Å². The van der Waals surface area contributed by atoms with Crippen LogP contribution in [0.3, 0.4) is 0 Å². The normalized spacial score (nSPS) is 10.8. The molecule has 0 saturated heterocycles. The fourth-order valence-electron chi connectivity index (χ4n) is 3.52. The van der Waals surface area contributed by atoms with Gasteiger partial charge in [-0.1, -0.05) is 30.0 Å². The molecule has 0 aliphatic rings. The maximum Gasteiger partial charge on any atom is 0.234 e. The van der Waals surface area contributed by atoms with Crippen LogP contribution in [-0.4, -0.2) is 33.5 Å². The Morgan fingerprint density at radius 3 is 2.39 bits per heavy atom. The molecule has 168 valence electrons. The van der Waals surface area contributed by atoms with Gasteiger partial charge in [0.1, 0.15) is 11.6 Å². The molecule has 0 unspecified atom stereocenters. The van der Waals surface area contributed by atoms with E-state index in [0.29, 0.717) is 22.3 Å². The highest BCUT2D eigenvalue weighted by atomic mass is 32.2. The highest BCUT2D eigenvalue weighted by Gasteiger charge is 2.19. The van der Waals surface area contributed by atoms with E-state index in [-0.39, 0.29) is 11.7 Å². The zero-order valence-electron chi connectivity index (χ0n) is 18.5. The van der Waals surface area contributed by atoms with Crippen LogP contribution in [0.15, 0.2) is 71.9 Å². The summed E-state index contributed by atoms with van der Waals surface area (Å²) >= 11 is 1.23. The average molecular weight is 463 g/mol. The zero-order chi connectivity index (χ0) is 23.4. The van der Waals surface area contributed by atoms with E-state index in [1.165, 1.54) is 17.8 Å². The molecule has 3 aromatic carbocycles. The van der Waals surface area contributed by atoms with Crippen LogP contribution >= 0.6 is 11.8 Å². The lowest BCUT2D eigenvalue weighted by molar-refractivity contribution is -0.113. The quantitative estimate of drug-likeness (QED) is 0.371. The topological polar surface area (TPSA) is 69.0 Å². The number of methoxy groups -OCH3 is 1. The average Bonchev–Trinajstić information content (AvgIpc) is 3.21. The molecule has 0 fully saturated rings.